The topological polar surface area (TPSA) is 47.6 Å². The van der Waals surface area contributed by atoms with E-state index in [0.29, 0.717) is 6.61 Å². The Kier molecular flexibility index (Phi) is 1.79. The lowest BCUT2D eigenvalue weighted by atomic mass is 10.1. The maximum atomic E-state index is 10.8. The van der Waals surface area contributed by atoms with Crippen LogP contribution in [0.4, 0.5) is 0 Å². The summed E-state index contributed by atoms with van der Waals surface area (Å²) in [6.07, 6.45) is 0.956. The molecule has 0 radical (unpaired) electrons. The average Bonchev–Trinajstić information content (AvgIpc) is 2.04. The van der Waals surface area contributed by atoms with Crippen molar-refractivity contribution >= 4 is 5.91 Å². The Bertz CT molecular complexity index is 171. The minimum atomic E-state index is -0.00634. The lowest BCUT2D eigenvalue weighted by Crippen LogP contribution is -2.55. The molecule has 0 aliphatic carbocycles. The van der Waals surface area contributed by atoms with Crippen molar-refractivity contribution in [2.24, 2.45) is 0 Å². The number of nitrogens with one attached hydrogen (secondary N) is 1. The van der Waals surface area contributed by atoms with Crippen LogP contribution in [0.5, 0.6) is 0 Å². The van der Waals surface area contributed by atoms with Gasteiger partial charge in [-0.25, -0.2) is 0 Å². The first-order chi connectivity index (χ1) is 5.36. The fourth-order valence-electron chi connectivity index (χ4n) is 1.47. The summed E-state index contributed by atoms with van der Waals surface area (Å²) in [5, 5.41) is 2.87. The summed E-state index contributed by atoms with van der Waals surface area (Å²) >= 11 is 0. The minimum absolute atomic E-state index is 0.00634. The molecule has 2 aliphatic heterocycles. The van der Waals surface area contributed by atoms with Crippen molar-refractivity contribution in [1.82, 2.24) is 5.32 Å². The maximum absolute atomic E-state index is 10.8. The van der Waals surface area contributed by atoms with Gasteiger partial charge in [-0.2, -0.15) is 0 Å². The number of morpholine rings is 1. The molecule has 0 spiro atoms. The smallest absolute Gasteiger partial charge is 0.246 e. The Morgan fingerprint density at radius 3 is 3.36 bits per heavy atom. The molecule has 4 nitrogen and oxygen atoms in total. The van der Waals surface area contributed by atoms with Crippen LogP contribution in [0.15, 0.2) is 0 Å². The van der Waals surface area contributed by atoms with Gasteiger partial charge in [-0.3, -0.25) is 4.79 Å². The molecule has 2 atom stereocenters. The standard InChI is InChI=1S/C7H11NO3/c9-7-4-11-6-3-10-2-1-5(6)8-7/h5-6H,1-4H2,(H,8,9). The molecule has 2 unspecified atom stereocenters. The Hall–Kier alpha value is -0.610. The fraction of sp³-hybridized carbons (Fsp3) is 0.857. The van der Waals surface area contributed by atoms with Gasteiger partial charge in [-0.1, -0.05) is 0 Å². The van der Waals surface area contributed by atoms with E-state index in [1.165, 1.54) is 0 Å². The van der Waals surface area contributed by atoms with Gasteiger partial charge in [-0.15, -0.1) is 0 Å². The lowest BCUT2D eigenvalue weighted by Gasteiger charge is -2.35. The zero-order chi connectivity index (χ0) is 7.68. The molecular weight excluding hydrogens is 146 g/mol. The van der Waals surface area contributed by atoms with Crippen LogP contribution in [0, 0.1) is 0 Å². The molecule has 2 saturated heterocycles. The van der Waals surface area contributed by atoms with E-state index in [4.69, 9.17) is 9.47 Å². The van der Waals surface area contributed by atoms with Crippen LogP contribution in [0.1, 0.15) is 6.42 Å². The number of carbonyl (C=O) groups is 1. The summed E-state index contributed by atoms with van der Waals surface area (Å²) in [7, 11) is 0. The van der Waals surface area contributed by atoms with Crippen molar-refractivity contribution in [3.8, 4) is 0 Å². The highest BCUT2D eigenvalue weighted by Crippen LogP contribution is 2.14. The lowest BCUT2D eigenvalue weighted by molar-refractivity contribution is -0.146. The normalized spacial score (nSPS) is 37.6. The molecule has 0 saturated carbocycles. The predicted molar refractivity (Wildman–Crippen MR) is 37.1 cm³/mol. The number of hydrogen-bond acceptors (Lipinski definition) is 3. The molecule has 1 amide bonds. The van der Waals surface area contributed by atoms with Gasteiger partial charge >= 0.3 is 0 Å². The van der Waals surface area contributed by atoms with Crippen LogP contribution in [0.2, 0.25) is 0 Å². The summed E-state index contributed by atoms with van der Waals surface area (Å²) in [4.78, 5) is 10.8. The molecule has 4 heteroatoms. The monoisotopic (exact) mass is 157 g/mol. The van der Waals surface area contributed by atoms with E-state index < -0.39 is 0 Å². The Balaban J connectivity index is 1.98. The zero-order valence-corrected chi connectivity index (χ0v) is 6.21. The first-order valence-electron chi connectivity index (χ1n) is 3.85. The second-order valence-electron chi connectivity index (χ2n) is 2.89. The van der Waals surface area contributed by atoms with Gasteiger partial charge in [0, 0.05) is 6.61 Å². The van der Waals surface area contributed by atoms with Crippen LogP contribution < -0.4 is 5.32 Å². The van der Waals surface area contributed by atoms with Crippen molar-refractivity contribution in [2.45, 2.75) is 18.6 Å². The van der Waals surface area contributed by atoms with Crippen LogP contribution in [0.25, 0.3) is 0 Å². The van der Waals surface area contributed by atoms with E-state index in [-0.39, 0.29) is 24.7 Å². The molecule has 2 rings (SSSR count). The van der Waals surface area contributed by atoms with E-state index in [1.807, 2.05) is 0 Å². The molecular formula is C7H11NO3. The maximum Gasteiger partial charge on any atom is 0.246 e. The summed E-state index contributed by atoms with van der Waals surface area (Å²) < 4.78 is 10.5. The van der Waals surface area contributed by atoms with Crippen LogP contribution in [-0.2, 0) is 14.3 Å². The summed E-state index contributed by atoms with van der Waals surface area (Å²) in [6, 6.07) is 0.185. The molecule has 0 aromatic heterocycles. The van der Waals surface area contributed by atoms with Crippen molar-refractivity contribution in [1.29, 1.82) is 0 Å². The highest BCUT2D eigenvalue weighted by Gasteiger charge is 2.31. The first-order valence-corrected chi connectivity index (χ1v) is 3.85. The van der Waals surface area contributed by atoms with Gasteiger partial charge in [0.15, 0.2) is 0 Å². The number of rotatable bonds is 0. The van der Waals surface area contributed by atoms with Crippen LogP contribution in [-0.4, -0.2) is 37.9 Å². The van der Waals surface area contributed by atoms with E-state index in [2.05, 4.69) is 5.32 Å². The van der Waals surface area contributed by atoms with E-state index in [9.17, 15) is 4.79 Å². The van der Waals surface area contributed by atoms with Gasteiger partial charge in [0.1, 0.15) is 12.7 Å². The Morgan fingerprint density at radius 1 is 1.55 bits per heavy atom. The summed E-state index contributed by atoms with van der Waals surface area (Å²) in [5.41, 5.74) is 0. The predicted octanol–water partition coefficient (Wildman–Crippen LogP) is -0.710. The minimum Gasteiger partial charge on any atom is -0.379 e. The molecule has 0 bridgehead atoms. The highest BCUT2D eigenvalue weighted by molar-refractivity contribution is 5.78. The van der Waals surface area contributed by atoms with E-state index >= 15 is 0 Å². The largest absolute Gasteiger partial charge is 0.379 e. The number of ether oxygens (including phenoxy) is 2. The number of carbonyl (C=O) groups excluding carboxylic acids is 1. The van der Waals surface area contributed by atoms with Crippen LogP contribution >= 0.6 is 0 Å². The van der Waals surface area contributed by atoms with Gasteiger partial charge in [0.05, 0.1) is 12.6 Å². The summed E-state index contributed by atoms with van der Waals surface area (Å²) in [6.45, 7) is 1.53. The van der Waals surface area contributed by atoms with E-state index in [1.54, 1.807) is 0 Å². The quantitative estimate of drug-likeness (QED) is 0.505. The second kappa shape index (κ2) is 2.79. The molecule has 11 heavy (non-hydrogen) atoms. The van der Waals surface area contributed by atoms with Crippen molar-refractivity contribution in [3.63, 3.8) is 0 Å². The number of hydrogen-bond donors (Lipinski definition) is 1. The van der Waals surface area contributed by atoms with Gasteiger partial charge in [-0.05, 0) is 6.42 Å². The molecule has 2 heterocycles. The number of fused-ring (bicyclic) bond motifs is 1. The molecule has 1 N–H and O–H groups in total. The Morgan fingerprint density at radius 2 is 2.45 bits per heavy atom. The Labute approximate surface area is 64.9 Å². The second-order valence-corrected chi connectivity index (χ2v) is 2.89. The van der Waals surface area contributed by atoms with Gasteiger partial charge in [0.25, 0.3) is 0 Å². The first kappa shape index (κ1) is 7.06. The zero-order valence-electron chi connectivity index (χ0n) is 6.21. The molecule has 62 valence electrons. The summed E-state index contributed by atoms with van der Waals surface area (Å²) in [5.74, 6) is -0.00634. The van der Waals surface area contributed by atoms with Gasteiger partial charge < -0.3 is 14.8 Å². The molecule has 2 fully saturated rings. The van der Waals surface area contributed by atoms with Gasteiger partial charge in [0.2, 0.25) is 5.91 Å². The molecule has 0 aromatic rings. The van der Waals surface area contributed by atoms with Crippen molar-refractivity contribution in [3.05, 3.63) is 0 Å². The third kappa shape index (κ3) is 1.36. The fourth-order valence-corrected chi connectivity index (χ4v) is 1.47. The molecule has 2 aliphatic rings. The average molecular weight is 157 g/mol. The van der Waals surface area contributed by atoms with Crippen molar-refractivity contribution in [2.75, 3.05) is 19.8 Å². The molecule has 0 aromatic carbocycles. The third-order valence-corrected chi connectivity index (χ3v) is 2.08. The third-order valence-electron chi connectivity index (χ3n) is 2.08. The number of amides is 1. The SMILES string of the molecule is O=C1COC2COCCC2N1. The van der Waals surface area contributed by atoms with Crippen molar-refractivity contribution < 1.29 is 14.3 Å². The highest BCUT2D eigenvalue weighted by atomic mass is 16.5. The van der Waals surface area contributed by atoms with Crippen LogP contribution in [0.3, 0.4) is 0 Å². The van der Waals surface area contributed by atoms with E-state index in [0.717, 1.165) is 13.0 Å².